The maximum Gasteiger partial charge on any atom is 0.191 e. The molecular weight excluding hydrogens is 280 g/mol. The zero-order chi connectivity index (χ0) is 15.9. The Morgan fingerprint density at radius 1 is 1.24 bits per heavy atom. The van der Waals surface area contributed by atoms with Crippen LogP contribution in [-0.2, 0) is 13.0 Å². The molecule has 0 fully saturated rings. The van der Waals surface area contributed by atoms with E-state index >= 15 is 0 Å². The Labute approximate surface area is 133 Å². The first-order valence-electron chi connectivity index (χ1n) is 7.53. The summed E-state index contributed by atoms with van der Waals surface area (Å²) < 4.78 is 0. The Morgan fingerprint density at radius 3 is 2.43 bits per heavy atom. The minimum atomic E-state index is 0.208. The number of nitrogens with one attached hydrogen (secondary N) is 2. The molecule has 0 amide bonds. The molecule has 1 heterocycles. The van der Waals surface area contributed by atoms with Crippen LogP contribution >= 0.6 is 11.3 Å². The van der Waals surface area contributed by atoms with Crippen molar-refractivity contribution >= 4 is 17.3 Å². The molecule has 0 aliphatic rings. The third kappa shape index (κ3) is 6.96. The molecule has 4 nitrogen and oxygen atoms in total. The Bertz CT molecular complexity index is 449. The van der Waals surface area contributed by atoms with Gasteiger partial charge in [-0.1, -0.05) is 20.8 Å². The molecule has 0 saturated carbocycles. The van der Waals surface area contributed by atoms with Crippen molar-refractivity contribution < 1.29 is 0 Å². The highest BCUT2D eigenvalue weighted by molar-refractivity contribution is 7.11. The number of hydrogen-bond donors (Lipinski definition) is 2. The molecule has 1 aromatic heterocycles. The summed E-state index contributed by atoms with van der Waals surface area (Å²) in [5.41, 5.74) is 0.208. The fourth-order valence-corrected chi connectivity index (χ4v) is 3.23. The van der Waals surface area contributed by atoms with Gasteiger partial charge in [-0.05, 0) is 38.1 Å². The van der Waals surface area contributed by atoms with Crippen LogP contribution in [0.25, 0.3) is 0 Å². The van der Waals surface area contributed by atoms with Gasteiger partial charge < -0.3 is 15.5 Å². The second-order valence-corrected chi connectivity index (χ2v) is 7.66. The molecule has 120 valence electrons. The smallest absolute Gasteiger partial charge is 0.191 e. The van der Waals surface area contributed by atoms with Gasteiger partial charge in [0.05, 0.1) is 6.54 Å². The van der Waals surface area contributed by atoms with Gasteiger partial charge in [-0.2, -0.15) is 0 Å². The van der Waals surface area contributed by atoms with Crippen LogP contribution in [0.4, 0.5) is 0 Å². The Hall–Kier alpha value is -1.07. The van der Waals surface area contributed by atoms with Crippen molar-refractivity contribution in [3.63, 3.8) is 0 Å². The molecule has 0 spiro atoms. The van der Waals surface area contributed by atoms with E-state index in [1.807, 2.05) is 18.4 Å². The lowest BCUT2D eigenvalue weighted by molar-refractivity contribution is 0.241. The van der Waals surface area contributed by atoms with Crippen LogP contribution in [-0.4, -0.2) is 45.1 Å². The quantitative estimate of drug-likeness (QED) is 0.600. The zero-order valence-corrected chi connectivity index (χ0v) is 15.1. The molecule has 0 saturated heterocycles. The summed E-state index contributed by atoms with van der Waals surface area (Å²) in [6, 6.07) is 4.40. The normalized spacial score (nSPS) is 12.8. The van der Waals surface area contributed by atoms with E-state index in [-0.39, 0.29) is 5.41 Å². The molecule has 21 heavy (non-hydrogen) atoms. The minimum Gasteiger partial charge on any atom is -0.356 e. The number of rotatable bonds is 7. The van der Waals surface area contributed by atoms with E-state index in [2.05, 4.69) is 67.5 Å². The summed E-state index contributed by atoms with van der Waals surface area (Å²) in [6.07, 6.45) is 1.11. The van der Waals surface area contributed by atoms with Crippen molar-refractivity contribution in [1.29, 1.82) is 0 Å². The van der Waals surface area contributed by atoms with Crippen molar-refractivity contribution in [3.05, 3.63) is 21.9 Å². The van der Waals surface area contributed by atoms with Gasteiger partial charge >= 0.3 is 0 Å². The average molecular weight is 311 g/mol. The number of guanidine groups is 1. The molecule has 0 radical (unpaired) electrons. The van der Waals surface area contributed by atoms with Gasteiger partial charge in [-0.15, -0.1) is 11.3 Å². The summed E-state index contributed by atoms with van der Waals surface area (Å²) in [4.78, 5) is 9.30. The summed E-state index contributed by atoms with van der Waals surface area (Å²) >= 11 is 1.87. The Kier molecular flexibility index (Phi) is 7.18. The highest BCUT2D eigenvalue weighted by Crippen LogP contribution is 2.16. The zero-order valence-electron chi connectivity index (χ0n) is 14.3. The average Bonchev–Trinajstić information content (AvgIpc) is 2.85. The second kappa shape index (κ2) is 8.39. The van der Waals surface area contributed by atoms with Crippen LogP contribution in [0.15, 0.2) is 17.1 Å². The fraction of sp³-hybridized carbons (Fsp3) is 0.688. The minimum absolute atomic E-state index is 0.208. The van der Waals surface area contributed by atoms with E-state index in [1.54, 1.807) is 0 Å². The Morgan fingerprint density at radius 2 is 1.90 bits per heavy atom. The van der Waals surface area contributed by atoms with Crippen LogP contribution in [0.5, 0.6) is 0 Å². The van der Waals surface area contributed by atoms with Crippen LogP contribution in [0.2, 0.25) is 0 Å². The lowest BCUT2D eigenvalue weighted by atomic mass is 9.93. The molecule has 2 N–H and O–H groups in total. The summed E-state index contributed by atoms with van der Waals surface area (Å²) in [5, 5.41) is 6.81. The van der Waals surface area contributed by atoms with E-state index in [9.17, 15) is 0 Å². The van der Waals surface area contributed by atoms with Crippen LogP contribution in [0.1, 0.15) is 30.5 Å². The molecule has 0 aromatic carbocycles. The lowest BCUT2D eigenvalue weighted by Crippen LogP contribution is -2.44. The third-order valence-electron chi connectivity index (χ3n) is 3.20. The van der Waals surface area contributed by atoms with Crippen LogP contribution in [0, 0.1) is 5.41 Å². The largest absolute Gasteiger partial charge is 0.356 e. The summed E-state index contributed by atoms with van der Waals surface area (Å²) in [7, 11) is 6.04. The molecule has 5 heteroatoms. The highest BCUT2D eigenvalue weighted by atomic mass is 32.1. The molecule has 0 aliphatic heterocycles. The van der Waals surface area contributed by atoms with Crippen molar-refractivity contribution in [1.82, 2.24) is 15.5 Å². The number of nitrogens with zero attached hydrogens (tertiary/aromatic N) is 2. The fourth-order valence-electron chi connectivity index (χ4n) is 2.33. The van der Waals surface area contributed by atoms with Gasteiger partial charge in [0.2, 0.25) is 0 Å². The SMILES string of the molecule is CCc1ccc(CNC(=NC)NCC(C)(C)CN(C)C)s1. The maximum atomic E-state index is 4.30. The van der Waals surface area contributed by atoms with Crippen molar-refractivity contribution in [3.8, 4) is 0 Å². The topological polar surface area (TPSA) is 39.7 Å². The molecule has 1 rings (SSSR count). The summed E-state index contributed by atoms with van der Waals surface area (Å²) in [6.45, 7) is 9.49. The van der Waals surface area contributed by atoms with Crippen molar-refractivity contribution in [2.75, 3.05) is 34.2 Å². The van der Waals surface area contributed by atoms with E-state index in [0.29, 0.717) is 0 Å². The van der Waals surface area contributed by atoms with E-state index in [4.69, 9.17) is 0 Å². The van der Waals surface area contributed by atoms with Gasteiger partial charge in [-0.3, -0.25) is 4.99 Å². The number of aliphatic imine (C=N–C) groups is 1. The van der Waals surface area contributed by atoms with Gasteiger partial charge in [0.15, 0.2) is 5.96 Å². The number of hydrogen-bond acceptors (Lipinski definition) is 3. The van der Waals surface area contributed by atoms with E-state index in [0.717, 1.165) is 32.0 Å². The predicted octanol–water partition coefficient (Wildman–Crippen LogP) is 2.56. The molecule has 1 aromatic rings. The predicted molar refractivity (Wildman–Crippen MR) is 94.2 cm³/mol. The van der Waals surface area contributed by atoms with E-state index in [1.165, 1.54) is 9.75 Å². The molecule has 0 atom stereocenters. The van der Waals surface area contributed by atoms with E-state index < -0.39 is 0 Å². The van der Waals surface area contributed by atoms with Gasteiger partial charge in [0.1, 0.15) is 0 Å². The molecular formula is C16H30N4S. The van der Waals surface area contributed by atoms with Crippen LogP contribution in [0.3, 0.4) is 0 Å². The monoisotopic (exact) mass is 310 g/mol. The second-order valence-electron chi connectivity index (χ2n) is 6.40. The van der Waals surface area contributed by atoms with Crippen LogP contribution < -0.4 is 10.6 Å². The van der Waals surface area contributed by atoms with Gasteiger partial charge in [0.25, 0.3) is 0 Å². The third-order valence-corrected chi connectivity index (χ3v) is 4.43. The van der Waals surface area contributed by atoms with Gasteiger partial charge in [0, 0.05) is 29.9 Å². The maximum absolute atomic E-state index is 4.30. The molecule has 0 aliphatic carbocycles. The highest BCUT2D eigenvalue weighted by Gasteiger charge is 2.19. The number of aryl methyl sites for hydroxylation is 1. The first kappa shape index (κ1) is 18.0. The van der Waals surface area contributed by atoms with Crippen molar-refractivity contribution in [2.45, 2.75) is 33.7 Å². The summed E-state index contributed by atoms with van der Waals surface area (Å²) in [5.74, 6) is 0.869. The van der Waals surface area contributed by atoms with Gasteiger partial charge in [-0.25, -0.2) is 0 Å². The number of thiophene rings is 1. The van der Waals surface area contributed by atoms with Crippen molar-refractivity contribution in [2.24, 2.45) is 10.4 Å². The Balaban J connectivity index is 2.42. The lowest BCUT2D eigenvalue weighted by Gasteiger charge is -2.29. The first-order valence-corrected chi connectivity index (χ1v) is 8.35. The first-order chi connectivity index (χ1) is 9.86. The standard InChI is InChI=1S/C16H30N4S/c1-7-13-8-9-14(21-13)10-18-15(17-4)19-11-16(2,3)12-20(5)6/h8-9H,7,10-12H2,1-6H3,(H2,17,18,19). The molecule has 0 bridgehead atoms. The molecule has 0 unspecified atom stereocenters.